The summed E-state index contributed by atoms with van der Waals surface area (Å²) in [5.74, 6) is 0.852. The van der Waals surface area contributed by atoms with E-state index in [0.717, 1.165) is 36.3 Å². The van der Waals surface area contributed by atoms with Crippen molar-refractivity contribution in [2.75, 3.05) is 0 Å². The van der Waals surface area contributed by atoms with Gasteiger partial charge in [-0.05, 0) is 79.4 Å². The molecule has 1 fully saturated rings. The van der Waals surface area contributed by atoms with Gasteiger partial charge in [0.1, 0.15) is 23.4 Å². The molecule has 0 unspecified atom stereocenters. The number of benzene rings is 1. The first-order valence-corrected chi connectivity index (χ1v) is 9.66. The Morgan fingerprint density at radius 3 is 2.62 bits per heavy atom. The third-order valence-corrected chi connectivity index (χ3v) is 5.50. The monoisotopic (exact) mass is 390 g/mol. The van der Waals surface area contributed by atoms with Crippen molar-refractivity contribution in [2.45, 2.75) is 25.3 Å². The van der Waals surface area contributed by atoms with E-state index >= 15 is 0 Å². The smallest absolute Gasteiger partial charge is 0.274 e. The van der Waals surface area contributed by atoms with E-state index in [-0.39, 0.29) is 23.7 Å². The molecule has 0 radical (unpaired) electrons. The maximum absolute atomic E-state index is 13.3. The van der Waals surface area contributed by atoms with Gasteiger partial charge in [0, 0.05) is 11.5 Å². The summed E-state index contributed by atoms with van der Waals surface area (Å²) in [5.41, 5.74) is 2.36. The molecule has 2 aliphatic rings. The predicted octanol–water partition coefficient (Wildman–Crippen LogP) is 5.45. The number of carbonyl (C=O) groups is 1. The predicted molar refractivity (Wildman–Crippen MR) is 105 cm³/mol. The summed E-state index contributed by atoms with van der Waals surface area (Å²) in [6.45, 7) is 0. The second-order valence-corrected chi connectivity index (χ2v) is 7.29. The van der Waals surface area contributed by atoms with E-state index in [2.05, 4.69) is 0 Å². The van der Waals surface area contributed by atoms with Gasteiger partial charge in [-0.15, -0.1) is 0 Å². The molecule has 146 valence electrons. The summed E-state index contributed by atoms with van der Waals surface area (Å²) in [4.78, 5) is 13.2. The molecule has 0 bridgehead atoms. The molecular weight excluding hydrogens is 371 g/mol. The Labute approximate surface area is 167 Å². The van der Waals surface area contributed by atoms with Crippen LogP contribution in [0.1, 0.15) is 47.2 Å². The van der Waals surface area contributed by atoms with Crippen molar-refractivity contribution in [2.24, 2.45) is 11.0 Å². The van der Waals surface area contributed by atoms with Crippen molar-refractivity contribution in [1.82, 2.24) is 5.01 Å². The van der Waals surface area contributed by atoms with Crippen LogP contribution in [0.3, 0.4) is 0 Å². The lowest BCUT2D eigenvalue weighted by Crippen LogP contribution is -2.31. The van der Waals surface area contributed by atoms with Crippen LogP contribution in [-0.4, -0.2) is 16.6 Å². The van der Waals surface area contributed by atoms with Crippen molar-refractivity contribution >= 4 is 17.7 Å². The molecule has 29 heavy (non-hydrogen) atoms. The number of allylic oxidation sites excluding steroid dienone is 1. The van der Waals surface area contributed by atoms with Gasteiger partial charge in [0.2, 0.25) is 0 Å². The third-order valence-electron chi connectivity index (χ3n) is 5.50. The number of halogens is 1. The van der Waals surface area contributed by atoms with Crippen molar-refractivity contribution in [3.05, 3.63) is 89.5 Å². The van der Waals surface area contributed by atoms with E-state index in [4.69, 9.17) is 13.9 Å². The van der Waals surface area contributed by atoms with Crippen molar-refractivity contribution in [3.63, 3.8) is 0 Å². The van der Waals surface area contributed by atoms with Crippen molar-refractivity contribution in [1.29, 1.82) is 0 Å². The number of hydrazone groups is 1. The average Bonchev–Trinajstić information content (AvgIpc) is 3.48. The zero-order valence-corrected chi connectivity index (χ0v) is 15.6. The Balaban J connectivity index is 1.56. The Morgan fingerprint density at radius 1 is 1.10 bits per heavy atom. The number of nitrogens with zero attached hydrogens (tertiary/aromatic N) is 2. The minimum Gasteiger partial charge on any atom is -0.467 e. The highest BCUT2D eigenvalue weighted by molar-refractivity contribution is 6.09. The number of carbonyl (C=O) groups excluding carboxylic acids is 1. The topological polar surface area (TPSA) is 59.0 Å². The summed E-state index contributed by atoms with van der Waals surface area (Å²) >= 11 is 0. The summed E-state index contributed by atoms with van der Waals surface area (Å²) in [6.07, 6.45) is 8.02. The molecule has 1 aliphatic heterocycles. The second-order valence-electron chi connectivity index (χ2n) is 7.29. The van der Waals surface area contributed by atoms with Crippen LogP contribution in [0.2, 0.25) is 0 Å². The highest BCUT2D eigenvalue weighted by Crippen LogP contribution is 2.45. The Kier molecular flexibility index (Phi) is 4.39. The van der Waals surface area contributed by atoms with Gasteiger partial charge in [-0.1, -0.05) is 0 Å². The second kappa shape index (κ2) is 7.20. The molecule has 1 aliphatic carbocycles. The molecule has 3 heterocycles. The molecule has 2 atom stereocenters. The highest BCUT2D eigenvalue weighted by atomic mass is 19.1. The normalized spacial score (nSPS) is 22.6. The van der Waals surface area contributed by atoms with Crippen LogP contribution in [0.5, 0.6) is 0 Å². The summed E-state index contributed by atoms with van der Waals surface area (Å²) in [7, 11) is 0. The fraction of sp³-hybridized carbons (Fsp3) is 0.217. The van der Waals surface area contributed by atoms with E-state index in [1.807, 2.05) is 30.3 Å². The maximum atomic E-state index is 13.3. The molecule has 1 amide bonds. The first kappa shape index (κ1) is 17.7. The lowest BCUT2D eigenvalue weighted by atomic mass is 9.79. The molecule has 0 spiro atoms. The fourth-order valence-corrected chi connectivity index (χ4v) is 4.18. The molecule has 5 nitrogen and oxygen atoms in total. The number of amides is 1. The van der Waals surface area contributed by atoms with Crippen LogP contribution in [0.25, 0.3) is 6.08 Å². The van der Waals surface area contributed by atoms with E-state index < -0.39 is 0 Å². The number of hydrogen-bond donors (Lipinski definition) is 0. The van der Waals surface area contributed by atoms with Crippen LogP contribution >= 0.6 is 0 Å². The van der Waals surface area contributed by atoms with Gasteiger partial charge in [-0.2, -0.15) is 5.10 Å². The zero-order chi connectivity index (χ0) is 19.8. The fourth-order valence-electron chi connectivity index (χ4n) is 4.18. The maximum Gasteiger partial charge on any atom is 0.274 e. The van der Waals surface area contributed by atoms with E-state index in [0.29, 0.717) is 11.3 Å². The first-order chi connectivity index (χ1) is 14.2. The minimum absolute atomic E-state index is 0.0421. The highest BCUT2D eigenvalue weighted by Gasteiger charge is 2.45. The molecule has 1 aromatic carbocycles. The molecule has 6 heteroatoms. The van der Waals surface area contributed by atoms with Gasteiger partial charge in [-0.3, -0.25) is 4.79 Å². The van der Waals surface area contributed by atoms with Crippen LogP contribution < -0.4 is 0 Å². The number of furan rings is 2. The Hall–Kier alpha value is -3.41. The molecule has 2 aromatic heterocycles. The van der Waals surface area contributed by atoms with Gasteiger partial charge in [0.05, 0.1) is 18.2 Å². The standard InChI is InChI=1S/C23H19FN2O3/c24-17-10-8-15(9-11-17)23(27)26-22(20-7-3-13-29-20)19-6-1-4-16(21(19)25-26)14-18-5-2-12-28-18/h2-3,5,7-14,19,22H,1,4,6H2/b16-14+/t19-,22-/m0/s1. The lowest BCUT2D eigenvalue weighted by molar-refractivity contribution is 0.0656. The summed E-state index contributed by atoms with van der Waals surface area (Å²) in [5, 5.41) is 6.24. The largest absolute Gasteiger partial charge is 0.467 e. The number of rotatable bonds is 3. The lowest BCUT2D eigenvalue weighted by Gasteiger charge is -2.27. The van der Waals surface area contributed by atoms with Gasteiger partial charge in [0.25, 0.3) is 5.91 Å². The van der Waals surface area contributed by atoms with Crippen molar-refractivity contribution < 1.29 is 18.0 Å². The summed E-state index contributed by atoms with van der Waals surface area (Å²) in [6, 6.07) is 12.7. The molecular formula is C23H19FN2O3. The zero-order valence-electron chi connectivity index (χ0n) is 15.6. The van der Waals surface area contributed by atoms with Crippen LogP contribution in [0, 0.1) is 11.7 Å². The van der Waals surface area contributed by atoms with Crippen LogP contribution in [-0.2, 0) is 0 Å². The summed E-state index contributed by atoms with van der Waals surface area (Å²) < 4.78 is 24.5. The molecule has 0 saturated heterocycles. The van der Waals surface area contributed by atoms with E-state index in [9.17, 15) is 9.18 Å². The third kappa shape index (κ3) is 3.20. The Morgan fingerprint density at radius 2 is 1.90 bits per heavy atom. The Bertz CT molecular complexity index is 1070. The van der Waals surface area contributed by atoms with Crippen LogP contribution in [0.15, 0.2) is 80.6 Å². The van der Waals surface area contributed by atoms with Gasteiger partial charge < -0.3 is 8.83 Å². The minimum atomic E-state index is -0.380. The van der Waals surface area contributed by atoms with Gasteiger partial charge in [0.15, 0.2) is 0 Å². The van der Waals surface area contributed by atoms with E-state index in [1.54, 1.807) is 12.5 Å². The van der Waals surface area contributed by atoms with Crippen LogP contribution in [0.4, 0.5) is 4.39 Å². The average molecular weight is 390 g/mol. The molecule has 3 aromatic rings. The molecule has 1 saturated carbocycles. The number of fused-ring (bicyclic) bond motifs is 1. The van der Waals surface area contributed by atoms with Gasteiger partial charge >= 0.3 is 0 Å². The number of hydrogen-bond acceptors (Lipinski definition) is 4. The SMILES string of the molecule is O=C(c1ccc(F)cc1)N1N=C2/C(=C/c3ccco3)CCC[C@@H]2[C@H]1c1ccco1. The van der Waals surface area contributed by atoms with Gasteiger partial charge in [-0.25, -0.2) is 9.40 Å². The van der Waals surface area contributed by atoms with E-state index in [1.165, 1.54) is 29.3 Å². The quantitative estimate of drug-likeness (QED) is 0.598. The molecule has 5 rings (SSSR count). The first-order valence-electron chi connectivity index (χ1n) is 9.66. The molecule has 0 N–H and O–H groups in total. The van der Waals surface area contributed by atoms with Crippen molar-refractivity contribution in [3.8, 4) is 0 Å².